The van der Waals surface area contributed by atoms with Crippen molar-refractivity contribution in [3.63, 3.8) is 0 Å². The molecule has 0 atom stereocenters. The van der Waals surface area contributed by atoms with Crippen LogP contribution in [0.25, 0.3) is 0 Å². The average Bonchev–Trinajstić information content (AvgIpc) is 2.80. The monoisotopic (exact) mass is 303 g/mol. The fourth-order valence-electron chi connectivity index (χ4n) is 1.38. The largest absolute Gasteiger partial charge is 0.492 e. The third kappa shape index (κ3) is 3.59. The number of benzene rings is 1. The SMILES string of the molecule is OCc1cnc(CCOc2ccc(Cl)cc2Cl)s1. The molecule has 0 radical (unpaired) electrons. The summed E-state index contributed by atoms with van der Waals surface area (Å²) in [4.78, 5) is 5.04. The number of aliphatic hydroxyl groups excluding tert-OH is 1. The van der Waals surface area contributed by atoms with Gasteiger partial charge in [-0.1, -0.05) is 23.2 Å². The van der Waals surface area contributed by atoms with Crippen LogP contribution in [-0.2, 0) is 13.0 Å². The molecule has 0 aliphatic heterocycles. The fraction of sp³-hybridized carbons (Fsp3) is 0.250. The maximum Gasteiger partial charge on any atom is 0.138 e. The maximum absolute atomic E-state index is 8.93. The number of hydrogen-bond acceptors (Lipinski definition) is 4. The molecule has 1 N–H and O–H groups in total. The molecule has 18 heavy (non-hydrogen) atoms. The molecule has 0 amide bonds. The van der Waals surface area contributed by atoms with Gasteiger partial charge < -0.3 is 9.84 Å². The minimum atomic E-state index is 0.0293. The van der Waals surface area contributed by atoms with E-state index in [1.165, 1.54) is 11.3 Å². The fourth-order valence-corrected chi connectivity index (χ4v) is 2.60. The van der Waals surface area contributed by atoms with E-state index in [1.54, 1.807) is 24.4 Å². The molecule has 0 bridgehead atoms. The second-order valence-electron chi connectivity index (χ2n) is 3.55. The number of aliphatic hydroxyl groups is 1. The van der Waals surface area contributed by atoms with E-state index in [9.17, 15) is 0 Å². The number of halogens is 2. The van der Waals surface area contributed by atoms with Crippen LogP contribution in [0.3, 0.4) is 0 Å². The second-order valence-corrected chi connectivity index (χ2v) is 5.60. The van der Waals surface area contributed by atoms with E-state index < -0.39 is 0 Å². The third-order valence-corrected chi connectivity index (χ3v) is 3.80. The predicted octanol–water partition coefficient (Wildman–Crippen LogP) is 3.56. The second kappa shape index (κ2) is 6.38. The van der Waals surface area contributed by atoms with Crippen molar-refractivity contribution in [2.24, 2.45) is 0 Å². The third-order valence-electron chi connectivity index (χ3n) is 2.22. The Hall–Kier alpha value is -0.810. The topological polar surface area (TPSA) is 42.4 Å². The van der Waals surface area contributed by atoms with E-state index >= 15 is 0 Å². The van der Waals surface area contributed by atoms with Crippen molar-refractivity contribution in [2.75, 3.05) is 6.61 Å². The predicted molar refractivity (Wildman–Crippen MR) is 73.7 cm³/mol. The van der Waals surface area contributed by atoms with Crippen molar-refractivity contribution in [3.8, 4) is 5.75 Å². The number of rotatable bonds is 5. The molecule has 0 aliphatic carbocycles. The molecule has 0 saturated heterocycles. The standard InChI is InChI=1S/C12H11Cl2NO2S/c13-8-1-2-11(10(14)5-8)17-4-3-12-15-6-9(7-16)18-12/h1-2,5-6,16H,3-4,7H2. The lowest BCUT2D eigenvalue weighted by atomic mass is 10.3. The Morgan fingerprint density at radius 1 is 1.33 bits per heavy atom. The molecule has 1 heterocycles. The van der Waals surface area contributed by atoms with Gasteiger partial charge in [0.2, 0.25) is 0 Å². The summed E-state index contributed by atoms with van der Waals surface area (Å²) in [6.45, 7) is 0.515. The number of ether oxygens (including phenoxy) is 1. The number of nitrogens with zero attached hydrogens (tertiary/aromatic N) is 1. The van der Waals surface area contributed by atoms with Crippen LogP contribution in [0.2, 0.25) is 10.0 Å². The zero-order valence-corrected chi connectivity index (χ0v) is 11.7. The van der Waals surface area contributed by atoms with E-state index in [0.717, 1.165) is 9.88 Å². The van der Waals surface area contributed by atoms with Crippen LogP contribution in [0.15, 0.2) is 24.4 Å². The Morgan fingerprint density at radius 3 is 2.83 bits per heavy atom. The Morgan fingerprint density at radius 2 is 2.17 bits per heavy atom. The van der Waals surface area contributed by atoms with Gasteiger partial charge in [0.1, 0.15) is 5.75 Å². The highest BCUT2D eigenvalue weighted by Crippen LogP contribution is 2.27. The first-order valence-electron chi connectivity index (χ1n) is 5.31. The van der Waals surface area contributed by atoms with E-state index in [4.69, 9.17) is 33.0 Å². The van der Waals surface area contributed by atoms with Gasteiger partial charge in [-0.2, -0.15) is 0 Å². The molecule has 0 spiro atoms. The summed E-state index contributed by atoms with van der Waals surface area (Å²) in [5, 5.41) is 10.9. The highest BCUT2D eigenvalue weighted by molar-refractivity contribution is 7.11. The molecule has 1 aromatic carbocycles. The normalized spacial score (nSPS) is 10.6. The first-order valence-corrected chi connectivity index (χ1v) is 6.88. The van der Waals surface area contributed by atoms with E-state index in [0.29, 0.717) is 28.8 Å². The molecule has 0 aliphatic rings. The molecule has 1 aromatic heterocycles. The van der Waals surface area contributed by atoms with E-state index in [2.05, 4.69) is 4.98 Å². The average molecular weight is 304 g/mol. The molecule has 96 valence electrons. The van der Waals surface area contributed by atoms with Gasteiger partial charge in [-0.05, 0) is 18.2 Å². The maximum atomic E-state index is 8.93. The molecule has 0 fully saturated rings. The van der Waals surface area contributed by atoms with Gasteiger partial charge in [-0.25, -0.2) is 4.98 Å². The van der Waals surface area contributed by atoms with Crippen LogP contribution in [-0.4, -0.2) is 16.7 Å². The van der Waals surface area contributed by atoms with Crippen molar-refractivity contribution in [1.29, 1.82) is 0 Å². The minimum absolute atomic E-state index is 0.0293. The summed E-state index contributed by atoms with van der Waals surface area (Å²) in [5.41, 5.74) is 0. The molecular formula is C12H11Cl2NO2S. The quantitative estimate of drug-likeness (QED) is 0.918. The van der Waals surface area contributed by atoms with Gasteiger partial charge >= 0.3 is 0 Å². The number of aromatic nitrogens is 1. The molecule has 2 rings (SSSR count). The Bertz CT molecular complexity index is 531. The van der Waals surface area contributed by atoms with Crippen molar-refractivity contribution in [2.45, 2.75) is 13.0 Å². The van der Waals surface area contributed by atoms with E-state index in [1.807, 2.05) is 0 Å². The van der Waals surface area contributed by atoms with Crippen molar-refractivity contribution in [3.05, 3.63) is 44.3 Å². The van der Waals surface area contributed by atoms with Gasteiger partial charge in [0, 0.05) is 17.6 Å². The van der Waals surface area contributed by atoms with Crippen molar-refractivity contribution < 1.29 is 9.84 Å². The van der Waals surface area contributed by atoms with Crippen molar-refractivity contribution in [1.82, 2.24) is 4.98 Å². The van der Waals surface area contributed by atoms with E-state index in [-0.39, 0.29) is 6.61 Å². The van der Waals surface area contributed by atoms with Crippen molar-refractivity contribution >= 4 is 34.5 Å². The smallest absolute Gasteiger partial charge is 0.138 e. The summed E-state index contributed by atoms with van der Waals surface area (Å²) < 4.78 is 5.55. The van der Waals surface area contributed by atoms with Gasteiger partial charge in [-0.3, -0.25) is 0 Å². The minimum Gasteiger partial charge on any atom is -0.492 e. The molecule has 2 aromatic rings. The summed E-state index contributed by atoms with van der Waals surface area (Å²) >= 11 is 13.3. The number of hydrogen-bond donors (Lipinski definition) is 1. The Kier molecular flexibility index (Phi) is 4.83. The van der Waals surface area contributed by atoms with Gasteiger partial charge in [0.15, 0.2) is 0 Å². The summed E-state index contributed by atoms with van der Waals surface area (Å²) in [5.74, 6) is 0.611. The highest BCUT2D eigenvalue weighted by atomic mass is 35.5. The lowest BCUT2D eigenvalue weighted by Gasteiger charge is -2.06. The van der Waals surface area contributed by atoms with Crippen LogP contribution < -0.4 is 4.74 Å². The van der Waals surface area contributed by atoms with Gasteiger partial charge in [0.05, 0.1) is 28.1 Å². The lowest BCUT2D eigenvalue weighted by Crippen LogP contribution is -2.01. The zero-order chi connectivity index (χ0) is 13.0. The molecule has 0 saturated carbocycles. The molecule has 6 heteroatoms. The van der Waals surface area contributed by atoms with Crippen LogP contribution in [0.4, 0.5) is 0 Å². The Labute approximate surface area is 119 Å². The van der Waals surface area contributed by atoms with Crippen LogP contribution in [0.1, 0.15) is 9.88 Å². The summed E-state index contributed by atoms with van der Waals surface area (Å²) in [6.07, 6.45) is 2.36. The first kappa shape index (κ1) is 13.6. The Balaban J connectivity index is 1.88. The molecule has 3 nitrogen and oxygen atoms in total. The first-order chi connectivity index (χ1) is 8.69. The van der Waals surface area contributed by atoms with Gasteiger partial charge in [-0.15, -0.1) is 11.3 Å². The summed E-state index contributed by atoms with van der Waals surface area (Å²) in [6, 6.07) is 5.12. The molecule has 0 unspecified atom stereocenters. The van der Waals surface area contributed by atoms with Crippen LogP contribution >= 0.6 is 34.5 Å². The number of thiazole rings is 1. The lowest BCUT2D eigenvalue weighted by molar-refractivity contribution is 0.285. The zero-order valence-electron chi connectivity index (χ0n) is 9.40. The van der Waals surface area contributed by atoms with Gasteiger partial charge in [0.25, 0.3) is 0 Å². The van der Waals surface area contributed by atoms with Crippen LogP contribution in [0, 0.1) is 0 Å². The van der Waals surface area contributed by atoms with Crippen LogP contribution in [0.5, 0.6) is 5.75 Å². The summed E-state index contributed by atoms with van der Waals surface area (Å²) in [7, 11) is 0. The molecular weight excluding hydrogens is 293 g/mol. The highest BCUT2D eigenvalue weighted by Gasteiger charge is 2.04.